The molecule has 6 atom stereocenters. The number of phenolic OH excluding ortho intramolecular Hbond substituents is 1. The fourth-order valence-electron chi connectivity index (χ4n) is 7.40. The molecule has 5 aliphatic rings. The summed E-state index contributed by atoms with van der Waals surface area (Å²) in [6.45, 7) is 4.59. The van der Waals surface area contributed by atoms with Crippen LogP contribution in [0.1, 0.15) is 50.2 Å². The minimum Gasteiger partial charge on any atom is -0.504 e. The average molecular weight is 356 g/mol. The number of ether oxygens (including phenoxy) is 1. The standard InChI is InChI=1S/C22H29NO3/c1-13-7-8-22(25)17-11-15-5-6-16(24)19-18(15)21(22,20(13)26-19)9-10-23(17,2)12-14-3-4-14/h5-6,13-14,17,20,25H,3-4,7-12H2,1-2H3/p+1/t13?,17-,20+,21+,22-,23?/m1/s1. The number of benzene rings is 1. The number of nitrogens with zero attached hydrogens (tertiary/aromatic N) is 1. The zero-order valence-electron chi connectivity index (χ0n) is 15.9. The molecule has 6 rings (SSSR count). The molecule has 2 N–H and O–H groups in total. The smallest absolute Gasteiger partial charge is 0.165 e. The summed E-state index contributed by atoms with van der Waals surface area (Å²) in [6, 6.07) is 4.15. The molecule has 4 nitrogen and oxygen atoms in total. The topological polar surface area (TPSA) is 49.7 Å². The summed E-state index contributed by atoms with van der Waals surface area (Å²) >= 11 is 0. The number of likely N-dealkylation sites (tertiary alicyclic amines) is 1. The van der Waals surface area contributed by atoms with Crippen molar-refractivity contribution in [2.24, 2.45) is 11.8 Å². The van der Waals surface area contributed by atoms with E-state index in [2.05, 4.69) is 20.0 Å². The van der Waals surface area contributed by atoms with Crippen molar-refractivity contribution in [3.63, 3.8) is 0 Å². The van der Waals surface area contributed by atoms with Crippen LogP contribution < -0.4 is 4.74 Å². The van der Waals surface area contributed by atoms with Crippen molar-refractivity contribution in [2.75, 3.05) is 20.1 Å². The fraction of sp³-hybridized carbons (Fsp3) is 0.727. The Kier molecular flexibility index (Phi) is 2.78. The lowest BCUT2D eigenvalue weighted by Crippen LogP contribution is -2.80. The van der Waals surface area contributed by atoms with E-state index in [0.717, 1.165) is 48.2 Å². The van der Waals surface area contributed by atoms with Gasteiger partial charge in [0.1, 0.15) is 17.7 Å². The van der Waals surface area contributed by atoms with Gasteiger partial charge in [-0.15, -0.1) is 0 Å². The van der Waals surface area contributed by atoms with Gasteiger partial charge in [0.05, 0.1) is 25.6 Å². The maximum atomic E-state index is 12.3. The van der Waals surface area contributed by atoms with Crippen LogP contribution in [0, 0.1) is 11.8 Å². The van der Waals surface area contributed by atoms with E-state index >= 15 is 0 Å². The zero-order valence-corrected chi connectivity index (χ0v) is 15.9. The van der Waals surface area contributed by atoms with E-state index in [9.17, 15) is 10.2 Å². The molecule has 1 spiro atoms. The second-order valence-corrected chi connectivity index (χ2v) is 10.2. The van der Waals surface area contributed by atoms with Crippen molar-refractivity contribution in [1.82, 2.24) is 0 Å². The van der Waals surface area contributed by atoms with E-state index in [1.807, 2.05) is 0 Å². The minimum atomic E-state index is -0.710. The first kappa shape index (κ1) is 15.8. The molecule has 2 heterocycles. The molecular weight excluding hydrogens is 326 g/mol. The lowest BCUT2D eigenvalue weighted by Gasteiger charge is -2.65. The normalized spacial score (nSPS) is 48.0. The Labute approximate surface area is 155 Å². The molecule has 2 aliphatic heterocycles. The maximum Gasteiger partial charge on any atom is 0.165 e. The molecule has 1 aromatic rings. The number of likely N-dealkylation sites (N-methyl/N-ethyl adjacent to an activating group) is 1. The van der Waals surface area contributed by atoms with Gasteiger partial charge in [-0.05, 0) is 43.2 Å². The quantitative estimate of drug-likeness (QED) is 0.801. The van der Waals surface area contributed by atoms with E-state index in [4.69, 9.17) is 4.74 Å². The molecule has 1 saturated heterocycles. The molecule has 3 aliphatic carbocycles. The van der Waals surface area contributed by atoms with Gasteiger partial charge in [-0.25, -0.2) is 0 Å². The average Bonchev–Trinajstić information content (AvgIpc) is 3.32. The lowest BCUT2D eigenvalue weighted by molar-refractivity contribution is -0.950. The highest BCUT2D eigenvalue weighted by Crippen LogP contribution is 2.67. The number of aliphatic hydroxyl groups is 1. The molecule has 4 heteroatoms. The molecule has 1 aromatic carbocycles. The first-order chi connectivity index (χ1) is 12.4. The molecular formula is C22H30NO3+. The summed E-state index contributed by atoms with van der Waals surface area (Å²) in [5.41, 5.74) is 1.44. The minimum absolute atomic E-state index is 0.000718. The van der Waals surface area contributed by atoms with E-state index in [1.54, 1.807) is 6.07 Å². The van der Waals surface area contributed by atoms with Crippen LogP contribution in [0.15, 0.2) is 12.1 Å². The SMILES string of the molecule is CC1CC[C@@]2(O)[C@H]3Cc4ccc(O)c5c4[C@@]2(CC[N+]3(C)CC2CC2)[C@H]1O5. The van der Waals surface area contributed by atoms with E-state index in [1.165, 1.54) is 24.9 Å². The van der Waals surface area contributed by atoms with Crippen molar-refractivity contribution < 1.29 is 19.4 Å². The van der Waals surface area contributed by atoms with Gasteiger partial charge in [-0.1, -0.05) is 13.0 Å². The summed E-state index contributed by atoms with van der Waals surface area (Å²) in [5.74, 6) is 2.19. The molecule has 2 saturated carbocycles. The summed E-state index contributed by atoms with van der Waals surface area (Å²) in [5, 5.41) is 22.8. The fourth-order valence-corrected chi connectivity index (χ4v) is 7.40. The molecule has 26 heavy (non-hydrogen) atoms. The molecule has 2 bridgehead atoms. The third-order valence-electron chi connectivity index (χ3n) is 8.78. The highest BCUT2D eigenvalue weighted by atomic mass is 16.5. The number of phenols is 1. The van der Waals surface area contributed by atoms with Gasteiger partial charge in [-0.2, -0.15) is 0 Å². The van der Waals surface area contributed by atoms with Crippen LogP contribution in [-0.4, -0.2) is 52.6 Å². The van der Waals surface area contributed by atoms with Gasteiger partial charge in [-0.3, -0.25) is 0 Å². The van der Waals surface area contributed by atoms with Crippen molar-refractivity contribution >= 4 is 0 Å². The van der Waals surface area contributed by atoms with Crippen molar-refractivity contribution in [2.45, 2.75) is 68.6 Å². The first-order valence-electron chi connectivity index (χ1n) is 10.5. The van der Waals surface area contributed by atoms with Crippen molar-refractivity contribution in [3.05, 3.63) is 23.3 Å². The molecule has 0 amide bonds. The van der Waals surface area contributed by atoms with Crippen LogP contribution >= 0.6 is 0 Å². The third-order valence-corrected chi connectivity index (χ3v) is 8.78. The zero-order chi connectivity index (χ0) is 17.9. The van der Waals surface area contributed by atoms with Crippen molar-refractivity contribution in [3.8, 4) is 11.5 Å². The predicted octanol–water partition coefficient (Wildman–Crippen LogP) is 2.74. The Hall–Kier alpha value is -1.26. The van der Waals surface area contributed by atoms with Crippen LogP contribution in [-0.2, 0) is 11.8 Å². The molecule has 0 radical (unpaired) electrons. The first-order valence-corrected chi connectivity index (χ1v) is 10.5. The number of hydrogen-bond acceptors (Lipinski definition) is 3. The molecule has 0 aromatic heterocycles. The van der Waals surface area contributed by atoms with Crippen LogP contribution in [0.4, 0.5) is 0 Å². The van der Waals surface area contributed by atoms with Gasteiger partial charge in [0.25, 0.3) is 0 Å². The summed E-state index contributed by atoms with van der Waals surface area (Å²) in [7, 11) is 2.39. The predicted molar refractivity (Wildman–Crippen MR) is 98.3 cm³/mol. The maximum absolute atomic E-state index is 12.3. The second kappa shape index (κ2) is 4.59. The van der Waals surface area contributed by atoms with Crippen LogP contribution in [0.5, 0.6) is 11.5 Å². The van der Waals surface area contributed by atoms with Gasteiger partial charge < -0.3 is 19.4 Å². The highest BCUT2D eigenvalue weighted by molar-refractivity contribution is 5.62. The Balaban J connectivity index is 1.59. The summed E-state index contributed by atoms with van der Waals surface area (Å²) in [6.07, 6.45) is 6.48. The summed E-state index contributed by atoms with van der Waals surface area (Å²) in [4.78, 5) is 0. The van der Waals surface area contributed by atoms with Gasteiger partial charge in [0.2, 0.25) is 0 Å². The molecule has 140 valence electrons. The number of rotatable bonds is 2. The van der Waals surface area contributed by atoms with Gasteiger partial charge >= 0.3 is 0 Å². The number of piperidine rings is 1. The Morgan fingerprint density at radius 2 is 2.04 bits per heavy atom. The number of quaternary nitrogens is 1. The van der Waals surface area contributed by atoms with Crippen LogP contribution in [0.25, 0.3) is 0 Å². The summed E-state index contributed by atoms with van der Waals surface area (Å²) < 4.78 is 7.45. The van der Waals surface area contributed by atoms with Crippen LogP contribution in [0.3, 0.4) is 0 Å². The van der Waals surface area contributed by atoms with Crippen LogP contribution in [0.2, 0.25) is 0 Å². The third kappa shape index (κ3) is 1.61. The Morgan fingerprint density at radius 1 is 1.23 bits per heavy atom. The monoisotopic (exact) mass is 356 g/mol. The number of hydrogen-bond donors (Lipinski definition) is 2. The highest BCUT2D eigenvalue weighted by Gasteiger charge is 2.75. The Bertz CT molecular complexity index is 805. The molecule has 2 unspecified atom stereocenters. The largest absolute Gasteiger partial charge is 0.504 e. The number of aromatic hydroxyl groups is 1. The lowest BCUT2D eigenvalue weighted by atomic mass is 9.47. The van der Waals surface area contributed by atoms with Gasteiger partial charge in [0.15, 0.2) is 11.5 Å². The van der Waals surface area contributed by atoms with Gasteiger partial charge in [0, 0.05) is 24.3 Å². The van der Waals surface area contributed by atoms with E-state index < -0.39 is 5.60 Å². The molecule has 3 fully saturated rings. The van der Waals surface area contributed by atoms with E-state index in [-0.39, 0.29) is 23.3 Å². The second-order valence-electron chi connectivity index (χ2n) is 10.2. The Morgan fingerprint density at radius 3 is 2.81 bits per heavy atom. The van der Waals surface area contributed by atoms with Crippen molar-refractivity contribution in [1.29, 1.82) is 0 Å². The van der Waals surface area contributed by atoms with E-state index in [0.29, 0.717) is 11.7 Å².